The minimum Gasteiger partial charge on any atom is -0.207 e. The van der Waals surface area contributed by atoms with Gasteiger partial charge >= 0.3 is 0 Å². The van der Waals surface area contributed by atoms with Crippen LogP contribution in [0.15, 0.2) is 53.6 Å². The fourth-order valence-corrected chi connectivity index (χ4v) is 2.72. The summed E-state index contributed by atoms with van der Waals surface area (Å²) in [6.07, 6.45) is -1.53. The Labute approximate surface area is 151 Å². The molecule has 0 radical (unpaired) electrons. The van der Waals surface area contributed by atoms with E-state index in [1.807, 2.05) is 0 Å². The molecule has 0 amide bonds. The molecule has 0 nitrogen and oxygen atoms in total. The first kappa shape index (κ1) is 19.7. The first-order valence-electron chi connectivity index (χ1n) is 7.41. The maximum atomic E-state index is 14.3. The molecular weight excluding hydrogens is 399 g/mol. The Morgan fingerprint density at radius 1 is 0.643 bits per heavy atom. The number of allylic oxidation sites excluding steroid dienone is 5. The van der Waals surface area contributed by atoms with E-state index in [0.717, 1.165) is 0 Å². The molecule has 28 heavy (non-hydrogen) atoms. The lowest BCUT2D eigenvalue weighted by Crippen LogP contribution is -2.10. The molecule has 0 N–H and O–H groups in total. The molecule has 0 fully saturated rings. The highest BCUT2D eigenvalue weighted by molar-refractivity contribution is 5.88. The molecule has 0 aliphatic heterocycles. The molecule has 2 aromatic carbocycles. The van der Waals surface area contributed by atoms with Crippen molar-refractivity contribution in [1.29, 1.82) is 0 Å². The molecule has 0 unspecified atom stereocenters. The Bertz CT molecular complexity index is 958. The van der Waals surface area contributed by atoms with E-state index in [9.17, 15) is 39.5 Å². The molecule has 0 spiro atoms. The van der Waals surface area contributed by atoms with Gasteiger partial charge in [-0.05, 0) is 0 Å². The molecule has 144 valence electrons. The molecule has 2 aromatic rings. The highest BCUT2D eigenvalue weighted by Gasteiger charge is 2.40. The largest absolute Gasteiger partial charge is 0.228 e. The summed E-state index contributed by atoms with van der Waals surface area (Å²) < 4.78 is 125. The first-order chi connectivity index (χ1) is 13.1. The third-order valence-electron chi connectivity index (χ3n) is 3.77. The molecule has 9 heteroatoms. The highest BCUT2D eigenvalue weighted by atomic mass is 19.2. The summed E-state index contributed by atoms with van der Waals surface area (Å²) in [6.45, 7) is 0. The Morgan fingerprint density at radius 2 is 1.04 bits per heavy atom. The van der Waals surface area contributed by atoms with Crippen molar-refractivity contribution in [3.63, 3.8) is 0 Å². The SMILES string of the molecule is FC1=C[C+](F)C(=C(c2c(F)cc(F)cc2F)c2c(F)cc(F)cc2F)C(F)=C1. The van der Waals surface area contributed by atoms with Crippen LogP contribution in [0.2, 0.25) is 0 Å². The molecule has 0 aromatic heterocycles. The molecule has 1 aliphatic carbocycles. The van der Waals surface area contributed by atoms with Gasteiger partial charge in [-0.15, -0.1) is 13.2 Å². The van der Waals surface area contributed by atoms with Crippen molar-refractivity contribution >= 4 is 5.57 Å². The first-order valence-corrected chi connectivity index (χ1v) is 7.41. The van der Waals surface area contributed by atoms with Gasteiger partial charge in [0.05, 0.1) is 28.9 Å². The summed E-state index contributed by atoms with van der Waals surface area (Å²) in [4.78, 5) is 0. The zero-order chi connectivity index (χ0) is 20.7. The van der Waals surface area contributed by atoms with Gasteiger partial charge in [0.25, 0.3) is 0 Å². The lowest BCUT2D eigenvalue weighted by atomic mass is 9.87. The second-order valence-electron chi connectivity index (χ2n) is 5.61. The summed E-state index contributed by atoms with van der Waals surface area (Å²) in [5, 5.41) is 0. The van der Waals surface area contributed by atoms with E-state index in [0.29, 0.717) is 0 Å². The number of benzene rings is 2. The third-order valence-corrected chi connectivity index (χ3v) is 3.77. The maximum Gasteiger partial charge on any atom is 0.228 e. The fourth-order valence-electron chi connectivity index (χ4n) is 2.72. The van der Waals surface area contributed by atoms with Crippen LogP contribution in [0, 0.1) is 41.1 Å². The van der Waals surface area contributed by atoms with Gasteiger partial charge in [-0.3, -0.25) is 0 Å². The molecule has 0 atom stereocenters. The van der Waals surface area contributed by atoms with E-state index < -0.39 is 75.0 Å². The van der Waals surface area contributed by atoms with Gasteiger partial charge in [-0.1, -0.05) is 0 Å². The smallest absolute Gasteiger partial charge is 0.207 e. The Hall–Kier alpha value is -3.10. The number of hydrogen-bond acceptors (Lipinski definition) is 0. The quantitative estimate of drug-likeness (QED) is 0.393. The predicted molar refractivity (Wildman–Crippen MR) is 81.4 cm³/mol. The number of halogens is 9. The van der Waals surface area contributed by atoms with Crippen LogP contribution in [0.1, 0.15) is 11.1 Å². The van der Waals surface area contributed by atoms with Crippen LogP contribution in [-0.4, -0.2) is 0 Å². The van der Waals surface area contributed by atoms with Gasteiger partial charge in [0.2, 0.25) is 17.8 Å². The zero-order valence-corrected chi connectivity index (χ0v) is 13.4. The maximum absolute atomic E-state index is 14.3. The number of rotatable bonds is 2. The zero-order valence-electron chi connectivity index (χ0n) is 13.4. The van der Waals surface area contributed by atoms with E-state index >= 15 is 0 Å². The van der Waals surface area contributed by atoms with Crippen molar-refractivity contribution in [2.24, 2.45) is 0 Å². The highest BCUT2D eigenvalue weighted by Crippen LogP contribution is 2.43. The van der Waals surface area contributed by atoms with E-state index in [1.165, 1.54) is 0 Å². The van der Waals surface area contributed by atoms with Crippen molar-refractivity contribution in [2.75, 3.05) is 0 Å². The summed E-state index contributed by atoms with van der Waals surface area (Å²) in [6, 6.07) is 0.433. The van der Waals surface area contributed by atoms with Crippen LogP contribution in [0.25, 0.3) is 5.57 Å². The van der Waals surface area contributed by atoms with Crippen LogP contribution in [-0.2, 0) is 0 Å². The van der Waals surface area contributed by atoms with E-state index in [2.05, 4.69) is 0 Å². The van der Waals surface area contributed by atoms with E-state index in [-0.39, 0.29) is 36.4 Å². The summed E-state index contributed by atoms with van der Waals surface area (Å²) in [5.74, 6) is -13.0. The Kier molecular flexibility index (Phi) is 5.01. The van der Waals surface area contributed by atoms with Crippen LogP contribution in [0.4, 0.5) is 39.5 Å². The number of hydrogen-bond donors (Lipinski definition) is 0. The van der Waals surface area contributed by atoms with Gasteiger partial charge in [-0.2, -0.15) is 0 Å². The topological polar surface area (TPSA) is 0 Å². The van der Waals surface area contributed by atoms with Gasteiger partial charge in [0, 0.05) is 24.3 Å². The minimum absolute atomic E-state index is 0.108. The third kappa shape index (κ3) is 3.39. The van der Waals surface area contributed by atoms with Crippen LogP contribution in [0.3, 0.4) is 0 Å². The molecule has 3 rings (SSSR count). The average Bonchev–Trinajstić information content (AvgIpc) is 2.51. The van der Waals surface area contributed by atoms with E-state index in [4.69, 9.17) is 0 Å². The normalized spacial score (nSPS) is 14.2. The van der Waals surface area contributed by atoms with Crippen LogP contribution >= 0.6 is 0 Å². The molecule has 0 bridgehead atoms. The Balaban J connectivity index is 2.49. The van der Waals surface area contributed by atoms with E-state index in [1.54, 1.807) is 0 Å². The van der Waals surface area contributed by atoms with Crippen LogP contribution in [0.5, 0.6) is 0 Å². The van der Waals surface area contributed by atoms with Crippen molar-refractivity contribution in [3.8, 4) is 0 Å². The van der Waals surface area contributed by atoms with Gasteiger partial charge in [0.15, 0.2) is 5.57 Å². The molecule has 1 aliphatic rings. The molecular formula is C19H6F9+. The predicted octanol–water partition coefficient (Wildman–Crippen LogP) is 6.54. The Morgan fingerprint density at radius 3 is 1.39 bits per heavy atom. The van der Waals surface area contributed by atoms with Crippen molar-refractivity contribution in [2.45, 2.75) is 0 Å². The van der Waals surface area contributed by atoms with Gasteiger partial charge in [-0.25, -0.2) is 26.3 Å². The minimum atomic E-state index is -1.75. The summed E-state index contributed by atoms with van der Waals surface area (Å²) in [5.41, 5.74) is -5.54. The molecule has 0 heterocycles. The lowest BCUT2D eigenvalue weighted by molar-refractivity contribution is 0.517. The standard InChI is InChI=1S/C19H6F9/c20-7-1-10(23)16(11(24)2-7)19(17-12(25)3-8(21)4-13(17)26)18-14(27)5-9(22)6-15(18)28/h1-6H/q+1. The monoisotopic (exact) mass is 405 g/mol. The molecule has 0 saturated carbocycles. The summed E-state index contributed by atoms with van der Waals surface area (Å²) >= 11 is 0. The van der Waals surface area contributed by atoms with Gasteiger partial charge < -0.3 is 0 Å². The van der Waals surface area contributed by atoms with Crippen molar-refractivity contribution in [3.05, 3.63) is 106 Å². The van der Waals surface area contributed by atoms with Crippen molar-refractivity contribution < 1.29 is 39.5 Å². The fraction of sp³-hybridized carbons (Fsp3) is 0. The second kappa shape index (κ2) is 7.14. The van der Waals surface area contributed by atoms with Crippen LogP contribution < -0.4 is 0 Å². The van der Waals surface area contributed by atoms with Gasteiger partial charge in [0.1, 0.15) is 34.9 Å². The molecule has 0 saturated heterocycles. The second-order valence-corrected chi connectivity index (χ2v) is 5.61. The average molecular weight is 405 g/mol. The van der Waals surface area contributed by atoms with Crippen molar-refractivity contribution in [1.82, 2.24) is 0 Å². The summed E-state index contributed by atoms with van der Waals surface area (Å²) in [7, 11) is 0. The lowest BCUT2D eigenvalue weighted by Gasteiger charge is -2.14.